The van der Waals surface area contributed by atoms with Gasteiger partial charge in [0.2, 0.25) is 0 Å². The maximum atomic E-state index is 12.9. The van der Waals surface area contributed by atoms with Crippen molar-refractivity contribution in [3.63, 3.8) is 0 Å². The van der Waals surface area contributed by atoms with Gasteiger partial charge in [-0.05, 0) is 43.9 Å². The lowest BCUT2D eigenvalue weighted by Crippen LogP contribution is -2.12. The number of fused-ring (bicyclic) bond motifs is 3. The van der Waals surface area contributed by atoms with Crippen molar-refractivity contribution in [2.75, 3.05) is 11.9 Å². The molecule has 0 spiro atoms. The highest BCUT2D eigenvalue weighted by Crippen LogP contribution is 2.33. The molecule has 6 heteroatoms. The van der Waals surface area contributed by atoms with Gasteiger partial charge in [0.05, 0.1) is 17.9 Å². The average Bonchev–Trinajstić information content (AvgIpc) is 2.98. The standard InChI is InChI=1S/C20H20N4O2/c1-2-26-15-7-4-6-14(9-15)24-20(25)16-11-22-17-8-3-5-13-10-21-12-23-19(13)18(16)17/h4,6-7,9-12,22H,2-3,5,8H2,1H3,(H,24,25). The number of ether oxygens (including phenoxy) is 1. The minimum Gasteiger partial charge on any atom is -0.494 e. The lowest BCUT2D eigenvalue weighted by atomic mass is 10.0. The predicted molar refractivity (Wildman–Crippen MR) is 99.4 cm³/mol. The molecule has 4 rings (SSSR count). The fraction of sp³-hybridized carbons (Fsp3) is 0.250. The molecule has 0 saturated carbocycles. The highest BCUT2D eigenvalue weighted by molar-refractivity contribution is 6.09. The summed E-state index contributed by atoms with van der Waals surface area (Å²) < 4.78 is 5.50. The number of carbonyl (C=O) groups excluding carboxylic acids is 1. The number of carbonyl (C=O) groups is 1. The molecule has 0 fully saturated rings. The molecule has 0 saturated heterocycles. The van der Waals surface area contributed by atoms with Gasteiger partial charge in [0, 0.05) is 35.4 Å². The summed E-state index contributed by atoms with van der Waals surface area (Å²) in [5.41, 5.74) is 5.17. The smallest absolute Gasteiger partial charge is 0.257 e. The van der Waals surface area contributed by atoms with Gasteiger partial charge in [0.15, 0.2) is 0 Å². The SMILES string of the molecule is CCOc1cccc(NC(=O)c2c[nH]c3c2-c2ncncc2CCC3)c1. The van der Waals surface area contributed by atoms with Crippen LogP contribution in [0.5, 0.6) is 5.75 Å². The van der Waals surface area contributed by atoms with E-state index in [0.717, 1.165) is 47.5 Å². The predicted octanol–water partition coefficient (Wildman–Crippen LogP) is 3.61. The van der Waals surface area contributed by atoms with E-state index in [2.05, 4.69) is 20.3 Å². The van der Waals surface area contributed by atoms with E-state index < -0.39 is 0 Å². The monoisotopic (exact) mass is 348 g/mol. The second kappa shape index (κ2) is 7.00. The van der Waals surface area contributed by atoms with Crippen LogP contribution in [0.4, 0.5) is 5.69 Å². The minimum atomic E-state index is -0.164. The lowest BCUT2D eigenvalue weighted by Gasteiger charge is -2.10. The summed E-state index contributed by atoms with van der Waals surface area (Å²) in [5.74, 6) is 0.568. The molecule has 1 aliphatic carbocycles. The van der Waals surface area contributed by atoms with Gasteiger partial charge < -0.3 is 15.0 Å². The Labute approximate surface area is 151 Å². The van der Waals surface area contributed by atoms with Crippen LogP contribution >= 0.6 is 0 Å². The summed E-state index contributed by atoms with van der Waals surface area (Å²) in [6.45, 7) is 2.51. The number of aromatic amines is 1. The molecule has 6 nitrogen and oxygen atoms in total. The summed E-state index contributed by atoms with van der Waals surface area (Å²) in [5, 5.41) is 2.96. The Kier molecular flexibility index (Phi) is 4.39. The first-order valence-electron chi connectivity index (χ1n) is 8.80. The Balaban J connectivity index is 1.67. The first kappa shape index (κ1) is 16.3. The number of rotatable bonds is 4. The van der Waals surface area contributed by atoms with Crippen molar-refractivity contribution in [3.8, 4) is 17.0 Å². The zero-order valence-corrected chi connectivity index (χ0v) is 14.6. The number of H-pyrrole nitrogens is 1. The molecule has 2 N–H and O–H groups in total. The van der Waals surface area contributed by atoms with E-state index in [0.29, 0.717) is 17.9 Å². The molecule has 0 atom stereocenters. The van der Waals surface area contributed by atoms with E-state index in [4.69, 9.17) is 4.74 Å². The van der Waals surface area contributed by atoms with E-state index in [1.807, 2.05) is 37.4 Å². The fourth-order valence-corrected chi connectivity index (χ4v) is 3.36. The molecule has 3 aromatic rings. The maximum absolute atomic E-state index is 12.9. The second-order valence-electron chi connectivity index (χ2n) is 6.22. The number of nitrogens with zero attached hydrogens (tertiary/aromatic N) is 2. The zero-order chi connectivity index (χ0) is 17.9. The van der Waals surface area contributed by atoms with Crippen LogP contribution < -0.4 is 10.1 Å². The summed E-state index contributed by atoms with van der Waals surface area (Å²) in [4.78, 5) is 24.8. The first-order chi connectivity index (χ1) is 12.8. The van der Waals surface area contributed by atoms with Crippen molar-refractivity contribution in [2.45, 2.75) is 26.2 Å². The van der Waals surface area contributed by atoms with Crippen LogP contribution in [0, 0.1) is 0 Å². The number of hydrogen-bond acceptors (Lipinski definition) is 4. The number of hydrogen-bond donors (Lipinski definition) is 2. The Morgan fingerprint density at radius 1 is 1.35 bits per heavy atom. The molecular weight excluding hydrogens is 328 g/mol. The second-order valence-corrected chi connectivity index (χ2v) is 6.22. The third-order valence-electron chi connectivity index (χ3n) is 4.51. The minimum absolute atomic E-state index is 0.164. The molecule has 1 amide bonds. The van der Waals surface area contributed by atoms with Crippen LogP contribution in [-0.2, 0) is 12.8 Å². The number of aryl methyl sites for hydroxylation is 2. The topological polar surface area (TPSA) is 79.9 Å². The molecule has 0 bridgehead atoms. The highest BCUT2D eigenvalue weighted by Gasteiger charge is 2.24. The molecule has 0 unspecified atom stereocenters. The van der Waals surface area contributed by atoms with Gasteiger partial charge >= 0.3 is 0 Å². The number of nitrogens with one attached hydrogen (secondary N) is 2. The van der Waals surface area contributed by atoms with E-state index >= 15 is 0 Å². The molecule has 2 aromatic heterocycles. The Hall–Kier alpha value is -3.15. The van der Waals surface area contributed by atoms with Gasteiger partial charge in [-0.3, -0.25) is 4.79 Å². The Bertz CT molecular complexity index is 948. The normalized spacial score (nSPS) is 12.7. The van der Waals surface area contributed by atoms with Gasteiger partial charge in [-0.15, -0.1) is 0 Å². The first-order valence-corrected chi connectivity index (χ1v) is 8.80. The van der Waals surface area contributed by atoms with Crippen LogP contribution in [0.25, 0.3) is 11.3 Å². The highest BCUT2D eigenvalue weighted by atomic mass is 16.5. The molecule has 0 aliphatic heterocycles. The summed E-state index contributed by atoms with van der Waals surface area (Å²) in [6.07, 6.45) is 7.95. The Morgan fingerprint density at radius 2 is 2.27 bits per heavy atom. The molecule has 26 heavy (non-hydrogen) atoms. The number of anilines is 1. The summed E-state index contributed by atoms with van der Waals surface area (Å²) in [7, 11) is 0. The van der Waals surface area contributed by atoms with Crippen LogP contribution in [0.2, 0.25) is 0 Å². The lowest BCUT2D eigenvalue weighted by molar-refractivity contribution is 0.102. The fourth-order valence-electron chi connectivity index (χ4n) is 3.36. The van der Waals surface area contributed by atoms with Gasteiger partial charge in [-0.25, -0.2) is 9.97 Å². The summed E-state index contributed by atoms with van der Waals surface area (Å²) >= 11 is 0. The third-order valence-corrected chi connectivity index (χ3v) is 4.51. The van der Waals surface area contributed by atoms with Crippen LogP contribution in [0.15, 0.2) is 43.0 Å². The van der Waals surface area contributed by atoms with E-state index in [-0.39, 0.29) is 5.91 Å². The van der Waals surface area contributed by atoms with Crippen LogP contribution in [0.1, 0.15) is 35.0 Å². The maximum Gasteiger partial charge on any atom is 0.257 e. The number of benzene rings is 1. The van der Waals surface area contributed by atoms with E-state index in [1.165, 1.54) is 6.33 Å². The van der Waals surface area contributed by atoms with Crippen LogP contribution in [-0.4, -0.2) is 27.5 Å². The molecule has 1 aromatic carbocycles. The quantitative estimate of drug-likeness (QED) is 0.755. The van der Waals surface area contributed by atoms with Crippen molar-refractivity contribution in [1.82, 2.24) is 15.0 Å². The van der Waals surface area contributed by atoms with Crippen molar-refractivity contribution in [1.29, 1.82) is 0 Å². The molecule has 132 valence electrons. The molecule has 2 heterocycles. The Morgan fingerprint density at radius 3 is 3.15 bits per heavy atom. The van der Waals surface area contributed by atoms with Crippen molar-refractivity contribution >= 4 is 11.6 Å². The van der Waals surface area contributed by atoms with Crippen LogP contribution in [0.3, 0.4) is 0 Å². The van der Waals surface area contributed by atoms with Crippen molar-refractivity contribution in [3.05, 3.63) is 59.8 Å². The van der Waals surface area contributed by atoms with Crippen molar-refractivity contribution in [2.24, 2.45) is 0 Å². The van der Waals surface area contributed by atoms with Gasteiger partial charge in [-0.1, -0.05) is 6.07 Å². The van der Waals surface area contributed by atoms with Gasteiger partial charge in [-0.2, -0.15) is 0 Å². The molecule has 1 aliphatic rings. The largest absolute Gasteiger partial charge is 0.494 e. The molecule has 0 radical (unpaired) electrons. The number of amides is 1. The summed E-state index contributed by atoms with van der Waals surface area (Å²) in [6, 6.07) is 7.40. The molecular formula is C20H20N4O2. The average molecular weight is 348 g/mol. The number of aromatic nitrogens is 3. The van der Waals surface area contributed by atoms with Gasteiger partial charge in [0.25, 0.3) is 5.91 Å². The zero-order valence-electron chi connectivity index (χ0n) is 14.6. The van der Waals surface area contributed by atoms with E-state index in [9.17, 15) is 4.79 Å². The van der Waals surface area contributed by atoms with Gasteiger partial charge in [0.1, 0.15) is 12.1 Å². The van der Waals surface area contributed by atoms with Crippen molar-refractivity contribution < 1.29 is 9.53 Å². The van der Waals surface area contributed by atoms with E-state index in [1.54, 1.807) is 6.20 Å². The third kappa shape index (κ3) is 3.06.